The first-order valence-electron chi connectivity index (χ1n) is 13.4. The van der Waals surface area contributed by atoms with E-state index in [-0.39, 0.29) is 61.6 Å². The molecule has 0 spiro atoms. The fraction of sp³-hybridized carbons (Fsp3) is 0.464. The third kappa shape index (κ3) is 4.58. The lowest BCUT2D eigenvalue weighted by atomic mass is 9.71. The van der Waals surface area contributed by atoms with E-state index in [1.807, 2.05) is 0 Å². The standard InChI is InChI=1S/C28H24F8N2O5S/c29-18-3-5-19(6-4-18)44(42,43)25-17(13-39)11-22(38-24(41)15-10-23(40)37-12-15)21(25)7-1-14-9-16(2-8-20(14)25)26(30,27(31,32)33)28(34,35)36/h2-6,8-9,13,15,17,21-22H,1,7,10-12H2,(H,37,40)(H,38,41)/t15?,17?,21-,22+,25-/m0/s1. The number of carbonyl (C=O) groups is 3. The van der Waals surface area contributed by atoms with Crippen LogP contribution in [0.1, 0.15) is 36.0 Å². The minimum atomic E-state index is -6.42. The summed E-state index contributed by atoms with van der Waals surface area (Å²) >= 11 is 0. The van der Waals surface area contributed by atoms with Gasteiger partial charge >= 0.3 is 18.0 Å². The second-order valence-electron chi connectivity index (χ2n) is 11.2. The van der Waals surface area contributed by atoms with Gasteiger partial charge < -0.3 is 15.4 Å². The minimum Gasteiger partial charge on any atom is -0.355 e. The van der Waals surface area contributed by atoms with Gasteiger partial charge in [0.1, 0.15) is 16.9 Å². The first-order valence-corrected chi connectivity index (χ1v) is 14.9. The van der Waals surface area contributed by atoms with Crippen molar-refractivity contribution in [1.29, 1.82) is 0 Å². The summed E-state index contributed by atoms with van der Waals surface area (Å²) in [6.45, 7) is 0.00713. The van der Waals surface area contributed by atoms with E-state index in [1.165, 1.54) is 0 Å². The van der Waals surface area contributed by atoms with E-state index in [9.17, 15) is 57.9 Å². The Morgan fingerprint density at radius 1 is 1.00 bits per heavy atom. The molecule has 5 atom stereocenters. The van der Waals surface area contributed by atoms with Gasteiger partial charge in [-0.25, -0.2) is 17.2 Å². The van der Waals surface area contributed by atoms with Gasteiger partial charge in [-0.2, -0.15) is 26.3 Å². The third-order valence-electron chi connectivity index (χ3n) is 8.93. The van der Waals surface area contributed by atoms with Crippen LogP contribution >= 0.6 is 0 Å². The SMILES string of the molecule is O=CC1C[C@@H](NC(=O)C2CNC(=O)C2)[C@@H]2CCc3cc(C(F)(C(F)(F)F)C(F)(F)F)ccc3[C@@]12S(=O)(=O)c1ccc(F)cc1. The van der Waals surface area contributed by atoms with Crippen LogP contribution in [0.5, 0.6) is 0 Å². The zero-order valence-electron chi connectivity index (χ0n) is 22.4. The van der Waals surface area contributed by atoms with E-state index in [0.29, 0.717) is 12.1 Å². The predicted molar refractivity (Wildman–Crippen MR) is 136 cm³/mol. The zero-order chi connectivity index (χ0) is 32.5. The van der Waals surface area contributed by atoms with Gasteiger partial charge in [-0.05, 0) is 54.7 Å². The molecule has 2 aromatic carbocycles. The largest absolute Gasteiger partial charge is 0.435 e. The van der Waals surface area contributed by atoms with Crippen LogP contribution in [0.3, 0.4) is 0 Å². The summed E-state index contributed by atoms with van der Waals surface area (Å²) in [7, 11) is -4.81. The van der Waals surface area contributed by atoms with Crippen LogP contribution < -0.4 is 10.6 Å². The number of aldehydes is 1. The molecule has 0 radical (unpaired) electrons. The van der Waals surface area contributed by atoms with Gasteiger partial charge in [-0.1, -0.05) is 18.2 Å². The van der Waals surface area contributed by atoms with Crippen molar-refractivity contribution >= 4 is 27.9 Å². The Morgan fingerprint density at radius 3 is 2.18 bits per heavy atom. The predicted octanol–water partition coefficient (Wildman–Crippen LogP) is 4.19. The number of aryl methyl sites for hydroxylation is 1. The van der Waals surface area contributed by atoms with E-state index < -0.39 is 78.6 Å². The number of sulfone groups is 1. The maximum atomic E-state index is 15.0. The zero-order valence-corrected chi connectivity index (χ0v) is 23.3. The third-order valence-corrected chi connectivity index (χ3v) is 11.5. The maximum absolute atomic E-state index is 15.0. The maximum Gasteiger partial charge on any atom is 0.435 e. The van der Waals surface area contributed by atoms with Crippen molar-refractivity contribution in [2.24, 2.45) is 17.8 Å². The van der Waals surface area contributed by atoms with Crippen LogP contribution in [-0.4, -0.2) is 51.5 Å². The lowest BCUT2D eigenvalue weighted by Gasteiger charge is -2.44. The van der Waals surface area contributed by atoms with E-state index >= 15 is 0 Å². The molecule has 2 amide bonds. The van der Waals surface area contributed by atoms with Crippen LogP contribution in [0.15, 0.2) is 47.4 Å². The summed E-state index contributed by atoms with van der Waals surface area (Å²) < 4.78 is 137. The van der Waals surface area contributed by atoms with E-state index in [1.54, 1.807) is 0 Å². The molecule has 2 aromatic rings. The van der Waals surface area contributed by atoms with E-state index in [0.717, 1.165) is 24.3 Å². The number of carbonyl (C=O) groups excluding carboxylic acids is 3. The Balaban J connectivity index is 1.70. The van der Waals surface area contributed by atoms with Gasteiger partial charge in [0.25, 0.3) is 0 Å². The van der Waals surface area contributed by atoms with Gasteiger partial charge in [0.15, 0.2) is 9.84 Å². The van der Waals surface area contributed by atoms with Crippen LogP contribution in [0.2, 0.25) is 0 Å². The molecule has 2 aliphatic carbocycles. The van der Waals surface area contributed by atoms with Crippen molar-refractivity contribution in [3.8, 4) is 0 Å². The highest BCUT2D eigenvalue weighted by atomic mass is 32.2. The number of rotatable bonds is 6. The summed E-state index contributed by atoms with van der Waals surface area (Å²) in [5, 5.41) is 5.18. The number of nitrogens with one attached hydrogen (secondary N) is 2. The summed E-state index contributed by atoms with van der Waals surface area (Å²) in [5.41, 5.74) is -8.27. The molecule has 3 aliphatic rings. The molecule has 1 saturated carbocycles. The molecule has 0 bridgehead atoms. The van der Waals surface area contributed by atoms with Crippen LogP contribution in [-0.2, 0) is 41.1 Å². The molecule has 16 heteroatoms. The Bertz CT molecular complexity index is 1600. The fourth-order valence-electron chi connectivity index (χ4n) is 6.96. The number of hydrogen-bond donors (Lipinski definition) is 2. The van der Waals surface area contributed by atoms with Crippen molar-refractivity contribution in [3.63, 3.8) is 0 Å². The second-order valence-corrected chi connectivity index (χ2v) is 13.4. The van der Waals surface area contributed by atoms with Gasteiger partial charge in [-0.15, -0.1) is 0 Å². The Hall–Kier alpha value is -3.56. The highest BCUT2D eigenvalue weighted by molar-refractivity contribution is 7.92. The smallest absolute Gasteiger partial charge is 0.355 e. The number of halogens is 8. The highest BCUT2D eigenvalue weighted by Gasteiger charge is 2.74. The molecule has 1 heterocycles. The molecular formula is C28H24F8N2O5S. The fourth-order valence-corrected chi connectivity index (χ4v) is 9.56. The summed E-state index contributed by atoms with van der Waals surface area (Å²) in [4.78, 5) is 36.8. The number of alkyl halides is 7. The van der Waals surface area contributed by atoms with Crippen molar-refractivity contribution in [2.75, 3.05) is 6.54 Å². The van der Waals surface area contributed by atoms with Crippen LogP contribution in [0, 0.1) is 23.6 Å². The number of benzene rings is 2. The first-order chi connectivity index (χ1) is 20.4. The quantitative estimate of drug-likeness (QED) is 0.277. The Kier molecular flexibility index (Phi) is 7.61. The molecule has 2 unspecified atom stereocenters. The molecule has 2 N–H and O–H groups in total. The molecule has 44 heavy (non-hydrogen) atoms. The van der Waals surface area contributed by atoms with E-state index in [4.69, 9.17) is 0 Å². The average molecular weight is 653 g/mol. The molecule has 0 aromatic heterocycles. The molecule has 238 valence electrons. The summed E-state index contributed by atoms with van der Waals surface area (Å²) in [6.07, 6.45) is -13.5. The van der Waals surface area contributed by atoms with Crippen molar-refractivity contribution < 1.29 is 57.9 Å². The van der Waals surface area contributed by atoms with Crippen LogP contribution in [0.25, 0.3) is 0 Å². The Morgan fingerprint density at radius 2 is 1.64 bits per heavy atom. The average Bonchev–Trinajstić information content (AvgIpc) is 3.53. The monoisotopic (exact) mass is 652 g/mol. The van der Waals surface area contributed by atoms with Gasteiger partial charge in [0.05, 0.1) is 10.8 Å². The molecule has 7 nitrogen and oxygen atoms in total. The van der Waals surface area contributed by atoms with Gasteiger partial charge in [0.2, 0.25) is 11.8 Å². The first kappa shape index (κ1) is 31.9. The Labute approximate surface area is 245 Å². The molecule has 1 aliphatic heterocycles. The van der Waals surface area contributed by atoms with Crippen LogP contribution in [0.4, 0.5) is 35.1 Å². The van der Waals surface area contributed by atoms with Gasteiger partial charge in [-0.3, -0.25) is 9.59 Å². The van der Waals surface area contributed by atoms with Crippen molar-refractivity contribution in [1.82, 2.24) is 10.6 Å². The molecular weight excluding hydrogens is 628 g/mol. The van der Waals surface area contributed by atoms with E-state index in [2.05, 4.69) is 10.6 Å². The molecule has 2 fully saturated rings. The summed E-state index contributed by atoms with van der Waals surface area (Å²) in [6, 6.07) is 3.61. The number of amides is 2. The van der Waals surface area contributed by atoms with Crippen molar-refractivity contribution in [3.05, 3.63) is 65.0 Å². The molecule has 5 rings (SSSR count). The lowest BCUT2D eigenvalue weighted by Crippen LogP contribution is -2.53. The molecule has 1 saturated heterocycles. The number of hydrogen-bond acceptors (Lipinski definition) is 5. The summed E-state index contributed by atoms with van der Waals surface area (Å²) in [5.74, 6) is -5.25. The minimum absolute atomic E-state index is 0.00713. The van der Waals surface area contributed by atoms with Gasteiger partial charge in [0, 0.05) is 36.4 Å². The lowest BCUT2D eigenvalue weighted by molar-refractivity contribution is -0.348. The normalized spacial score (nSPS) is 27.3. The second kappa shape index (κ2) is 10.5. The van der Waals surface area contributed by atoms with Crippen molar-refractivity contribution in [2.45, 2.75) is 59.4 Å². The highest BCUT2D eigenvalue weighted by Crippen LogP contribution is 2.60. The topological polar surface area (TPSA) is 109 Å². The number of fused-ring (bicyclic) bond motifs is 3.